The summed E-state index contributed by atoms with van der Waals surface area (Å²) in [5, 5.41) is 4.16. The van der Waals surface area contributed by atoms with Crippen LogP contribution in [0.1, 0.15) is 17.4 Å². The predicted octanol–water partition coefficient (Wildman–Crippen LogP) is 3.35. The van der Waals surface area contributed by atoms with Crippen molar-refractivity contribution >= 4 is 27.3 Å². The highest BCUT2D eigenvalue weighted by atomic mass is 79.9. The Kier molecular flexibility index (Phi) is 3.05. The van der Waals surface area contributed by atoms with Gasteiger partial charge in [0, 0.05) is 0 Å². The van der Waals surface area contributed by atoms with Crippen molar-refractivity contribution in [1.29, 1.82) is 0 Å². The fourth-order valence-corrected chi connectivity index (χ4v) is 2.50. The van der Waals surface area contributed by atoms with Gasteiger partial charge in [0.2, 0.25) is 0 Å². The van der Waals surface area contributed by atoms with Gasteiger partial charge in [0.1, 0.15) is 5.76 Å². The minimum atomic E-state index is -0.0750. The second-order valence-electron chi connectivity index (χ2n) is 3.08. The Bertz CT molecular complexity index is 396. The van der Waals surface area contributed by atoms with Crippen LogP contribution in [0.2, 0.25) is 0 Å². The fourth-order valence-electron chi connectivity index (χ4n) is 1.33. The van der Waals surface area contributed by atoms with Gasteiger partial charge in [-0.05, 0) is 50.8 Å². The maximum Gasteiger partial charge on any atom is 0.134 e. The molecule has 2 nitrogen and oxygen atoms in total. The molecule has 14 heavy (non-hydrogen) atoms. The van der Waals surface area contributed by atoms with E-state index in [-0.39, 0.29) is 6.04 Å². The van der Waals surface area contributed by atoms with Crippen molar-refractivity contribution in [2.24, 2.45) is 5.73 Å². The third-order valence-electron chi connectivity index (χ3n) is 2.02. The Hall–Kier alpha value is -0.580. The number of hydrogen-bond donors (Lipinski definition) is 1. The van der Waals surface area contributed by atoms with Crippen molar-refractivity contribution in [3.8, 4) is 0 Å². The Labute approximate surface area is 94.9 Å². The normalized spacial score (nSPS) is 13.0. The van der Waals surface area contributed by atoms with E-state index in [0.29, 0.717) is 0 Å². The number of rotatable bonds is 3. The zero-order valence-corrected chi connectivity index (χ0v) is 9.85. The zero-order chi connectivity index (χ0) is 9.97. The third kappa shape index (κ3) is 2.08. The van der Waals surface area contributed by atoms with Crippen LogP contribution in [0.3, 0.4) is 0 Å². The van der Waals surface area contributed by atoms with Gasteiger partial charge in [-0.3, -0.25) is 0 Å². The van der Waals surface area contributed by atoms with Crippen LogP contribution >= 0.6 is 27.3 Å². The molecule has 0 aromatic carbocycles. The third-order valence-corrected chi connectivity index (χ3v) is 3.40. The second kappa shape index (κ2) is 4.29. The Balaban J connectivity index is 2.10. The van der Waals surface area contributed by atoms with Gasteiger partial charge >= 0.3 is 0 Å². The average molecular weight is 272 g/mol. The highest BCUT2D eigenvalue weighted by Crippen LogP contribution is 2.25. The molecule has 2 aromatic heterocycles. The van der Waals surface area contributed by atoms with E-state index in [1.807, 2.05) is 6.07 Å². The smallest absolute Gasteiger partial charge is 0.134 e. The van der Waals surface area contributed by atoms with E-state index in [9.17, 15) is 0 Å². The molecule has 2 rings (SSSR count). The van der Waals surface area contributed by atoms with Gasteiger partial charge in [0.15, 0.2) is 0 Å². The highest BCUT2D eigenvalue weighted by molar-refractivity contribution is 9.10. The lowest BCUT2D eigenvalue weighted by atomic mass is 10.1. The van der Waals surface area contributed by atoms with E-state index in [1.54, 1.807) is 17.6 Å². The summed E-state index contributed by atoms with van der Waals surface area (Å²) in [4.78, 5) is 0. The largest absolute Gasteiger partial charge is 0.466 e. The molecule has 0 saturated carbocycles. The van der Waals surface area contributed by atoms with Crippen LogP contribution in [0.5, 0.6) is 0 Å². The number of hydrogen-bond acceptors (Lipinski definition) is 3. The fraction of sp³-hybridized carbons (Fsp3) is 0.200. The van der Waals surface area contributed by atoms with Gasteiger partial charge in [-0.15, -0.1) is 0 Å². The molecule has 2 heterocycles. The first-order valence-corrected chi connectivity index (χ1v) is 6.00. The summed E-state index contributed by atoms with van der Waals surface area (Å²) in [6, 6.07) is 3.87. The molecule has 0 aliphatic rings. The second-order valence-corrected chi connectivity index (χ2v) is 4.71. The molecule has 0 aliphatic heterocycles. The number of thiophene rings is 1. The van der Waals surface area contributed by atoms with Gasteiger partial charge in [0.25, 0.3) is 0 Å². The molecular formula is C10H10BrNOS. The van der Waals surface area contributed by atoms with Crippen molar-refractivity contribution in [3.05, 3.63) is 45.0 Å². The summed E-state index contributed by atoms with van der Waals surface area (Å²) >= 11 is 5.08. The molecule has 4 heteroatoms. The minimum absolute atomic E-state index is 0.0750. The first-order chi connectivity index (χ1) is 6.77. The van der Waals surface area contributed by atoms with Crippen LogP contribution in [0.4, 0.5) is 0 Å². The first-order valence-electron chi connectivity index (χ1n) is 4.27. The SMILES string of the molecule is NC(Cc1ccsc1)c1occc1Br. The summed E-state index contributed by atoms with van der Waals surface area (Å²) in [5.74, 6) is 0.816. The lowest BCUT2D eigenvalue weighted by molar-refractivity contribution is 0.462. The Morgan fingerprint density at radius 1 is 1.50 bits per heavy atom. The van der Waals surface area contributed by atoms with Crippen LogP contribution in [-0.2, 0) is 6.42 Å². The molecule has 1 atom stereocenters. The maximum absolute atomic E-state index is 6.01. The molecule has 0 bridgehead atoms. The van der Waals surface area contributed by atoms with Crippen molar-refractivity contribution in [2.75, 3.05) is 0 Å². The van der Waals surface area contributed by atoms with Gasteiger partial charge < -0.3 is 10.2 Å². The molecule has 2 aromatic rings. The van der Waals surface area contributed by atoms with Gasteiger partial charge in [-0.2, -0.15) is 11.3 Å². The van der Waals surface area contributed by atoms with E-state index < -0.39 is 0 Å². The van der Waals surface area contributed by atoms with E-state index >= 15 is 0 Å². The van der Waals surface area contributed by atoms with Crippen LogP contribution in [0.25, 0.3) is 0 Å². The molecule has 0 amide bonds. The Morgan fingerprint density at radius 2 is 2.36 bits per heavy atom. The molecular weight excluding hydrogens is 262 g/mol. The summed E-state index contributed by atoms with van der Waals surface area (Å²) < 4.78 is 6.25. The van der Waals surface area contributed by atoms with Crippen LogP contribution in [0, 0.1) is 0 Å². The zero-order valence-electron chi connectivity index (χ0n) is 7.44. The average Bonchev–Trinajstić information content (AvgIpc) is 2.75. The van der Waals surface area contributed by atoms with Gasteiger partial charge in [-0.25, -0.2) is 0 Å². The van der Waals surface area contributed by atoms with E-state index in [0.717, 1.165) is 16.7 Å². The predicted molar refractivity (Wildman–Crippen MR) is 61.4 cm³/mol. The monoisotopic (exact) mass is 271 g/mol. The number of nitrogens with two attached hydrogens (primary N) is 1. The molecule has 0 aliphatic carbocycles. The van der Waals surface area contributed by atoms with Crippen LogP contribution in [0.15, 0.2) is 38.0 Å². The van der Waals surface area contributed by atoms with Gasteiger partial charge in [-0.1, -0.05) is 0 Å². The molecule has 1 unspecified atom stereocenters. The maximum atomic E-state index is 6.01. The summed E-state index contributed by atoms with van der Waals surface area (Å²) in [6.45, 7) is 0. The van der Waals surface area contributed by atoms with E-state index in [4.69, 9.17) is 10.2 Å². The first kappa shape index (κ1) is 9.96. The molecule has 0 saturated heterocycles. The molecule has 0 fully saturated rings. The molecule has 0 spiro atoms. The molecule has 74 valence electrons. The summed E-state index contributed by atoms with van der Waals surface area (Å²) in [6.07, 6.45) is 2.46. The van der Waals surface area contributed by atoms with Crippen LogP contribution < -0.4 is 5.73 Å². The van der Waals surface area contributed by atoms with Crippen LogP contribution in [-0.4, -0.2) is 0 Å². The molecule has 2 N–H and O–H groups in total. The van der Waals surface area contributed by atoms with Gasteiger partial charge in [0.05, 0.1) is 16.8 Å². The van der Waals surface area contributed by atoms with E-state index in [2.05, 4.69) is 32.8 Å². The highest BCUT2D eigenvalue weighted by Gasteiger charge is 2.13. The lowest BCUT2D eigenvalue weighted by Crippen LogP contribution is -2.12. The Morgan fingerprint density at radius 3 is 2.93 bits per heavy atom. The van der Waals surface area contributed by atoms with Crippen molar-refractivity contribution < 1.29 is 4.42 Å². The standard InChI is InChI=1S/C10H10BrNOS/c11-8-1-3-13-10(8)9(12)5-7-2-4-14-6-7/h1-4,6,9H,5,12H2. The minimum Gasteiger partial charge on any atom is -0.466 e. The van der Waals surface area contributed by atoms with Crippen molar-refractivity contribution in [1.82, 2.24) is 0 Å². The topological polar surface area (TPSA) is 39.2 Å². The van der Waals surface area contributed by atoms with E-state index in [1.165, 1.54) is 5.56 Å². The van der Waals surface area contributed by atoms with Crippen molar-refractivity contribution in [2.45, 2.75) is 12.5 Å². The molecule has 0 radical (unpaired) electrons. The van der Waals surface area contributed by atoms with Crippen molar-refractivity contribution in [3.63, 3.8) is 0 Å². The summed E-state index contributed by atoms with van der Waals surface area (Å²) in [7, 11) is 0. The number of furan rings is 1. The quantitative estimate of drug-likeness (QED) is 0.930. The number of halogens is 1. The lowest BCUT2D eigenvalue weighted by Gasteiger charge is -2.07. The summed E-state index contributed by atoms with van der Waals surface area (Å²) in [5.41, 5.74) is 7.27.